The highest BCUT2D eigenvalue weighted by atomic mass is 35.5. The fourth-order valence-corrected chi connectivity index (χ4v) is 4.01. The average Bonchev–Trinajstić information content (AvgIpc) is 3.11. The van der Waals surface area contributed by atoms with Gasteiger partial charge in [0, 0.05) is 31.1 Å². The third-order valence-corrected chi connectivity index (χ3v) is 5.61. The van der Waals surface area contributed by atoms with Gasteiger partial charge in [0.25, 0.3) is 0 Å². The van der Waals surface area contributed by atoms with Crippen LogP contribution >= 0.6 is 11.6 Å². The molecule has 1 fully saturated rings. The number of nitrogens with one attached hydrogen (secondary N) is 1. The standard InChI is InChI=1S/C21H24ClN3O/c1-2-25-11-10-19-17(13-25)21(24-23-19)16-8-9-20(18(22)12-16)26-14-15-6-4-3-5-7-15/h3-9,12,17,21,24H,2,10-11,13-14H2,1H3. The molecule has 2 aliphatic heterocycles. The van der Waals surface area contributed by atoms with E-state index in [0.29, 0.717) is 17.5 Å². The maximum atomic E-state index is 6.50. The second-order valence-corrected chi connectivity index (χ2v) is 7.33. The van der Waals surface area contributed by atoms with Gasteiger partial charge in [0.1, 0.15) is 12.4 Å². The van der Waals surface area contributed by atoms with Crippen LogP contribution in [0.25, 0.3) is 0 Å². The van der Waals surface area contributed by atoms with E-state index in [2.05, 4.69) is 28.4 Å². The largest absolute Gasteiger partial charge is 0.487 e. The monoisotopic (exact) mass is 369 g/mol. The Kier molecular flexibility index (Phi) is 5.14. The maximum Gasteiger partial charge on any atom is 0.138 e. The molecular formula is C21H24ClN3O. The predicted octanol–water partition coefficient (Wildman–Crippen LogP) is 4.26. The number of hydrogen-bond acceptors (Lipinski definition) is 4. The van der Waals surface area contributed by atoms with Crippen molar-refractivity contribution >= 4 is 17.3 Å². The van der Waals surface area contributed by atoms with Crippen LogP contribution in [0.4, 0.5) is 0 Å². The van der Waals surface area contributed by atoms with Crippen LogP contribution in [-0.2, 0) is 6.61 Å². The third-order valence-electron chi connectivity index (χ3n) is 5.32. The molecule has 136 valence electrons. The van der Waals surface area contributed by atoms with Crippen LogP contribution in [0.5, 0.6) is 5.75 Å². The summed E-state index contributed by atoms with van der Waals surface area (Å²) >= 11 is 6.50. The van der Waals surface area contributed by atoms with Crippen molar-refractivity contribution in [3.63, 3.8) is 0 Å². The van der Waals surface area contributed by atoms with Gasteiger partial charge in [-0.05, 0) is 29.8 Å². The number of hydrazone groups is 1. The van der Waals surface area contributed by atoms with Crippen molar-refractivity contribution in [2.75, 3.05) is 19.6 Å². The van der Waals surface area contributed by atoms with E-state index in [4.69, 9.17) is 16.3 Å². The number of benzene rings is 2. The van der Waals surface area contributed by atoms with Crippen LogP contribution in [0.1, 0.15) is 30.5 Å². The molecule has 0 spiro atoms. The number of nitrogens with zero attached hydrogens (tertiary/aromatic N) is 2. The predicted molar refractivity (Wildman–Crippen MR) is 106 cm³/mol. The summed E-state index contributed by atoms with van der Waals surface area (Å²) in [6.45, 7) is 5.98. The molecule has 26 heavy (non-hydrogen) atoms. The van der Waals surface area contributed by atoms with Crippen LogP contribution in [0.3, 0.4) is 0 Å². The molecule has 0 radical (unpaired) electrons. The van der Waals surface area contributed by atoms with Gasteiger partial charge in [-0.15, -0.1) is 0 Å². The molecule has 1 N–H and O–H groups in total. The number of likely N-dealkylation sites (tertiary alicyclic amines) is 1. The van der Waals surface area contributed by atoms with Crippen LogP contribution in [0, 0.1) is 5.92 Å². The molecule has 2 aromatic carbocycles. The summed E-state index contributed by atoms with van der Waals surface area (Å²) in [6.07, 6.45) is 1.05. The molecule has 2 unspecified atom stereocenters. The Morgan fingerprint density at radius 2 is 2.08 bits per heavy atom. The highest BCUT2D eigenvalue weighted by Crippen LogP contribution is 2.35. The zero-order valence-electron chi connectivity index (χ0n) is 15.0. The summed E-state index contributed by atoms with van der Waals surface area (Å²) in [5, 5.41) is 5.23. The Morgan fingerprint density at radius 1 is 1.23 bits per heavy atom. The first-order chi connectivity index (χ1) is 12.7. The summed E-state index contributed by atoms with van der Waals surface area (Å²) in [5.74, 6) is 1.15. The van der Waals surface area contributed by atoms with Crippen molar-refractivity contribution < 1.29 is 4.74 Å². The van der Waals surface area contributed by atoms with E-state index >= 15 is 0 Å². The van der Waals surface area contributed by atoms with Crippen molar-refractivity contribution in [2.45, 2.75) is 26.0 Å². The molecule has 0 aliphatic carbocycles. The van der Waals surface area contributed by atoms with Gasteiger partial charge in [-0.25, -0.2) is 0 Å². The quantitative estimate of drug-likeness (QED) is 0.855. The number of hydrogen-bond donors (Lipinski definition) is 1. The lowest BCUT2D eigenvalue weighted by Gasteiger charge is -2.32. The van der Waals surface area contributed by atoms with Crippen molar-refractivity contribution in [2.24, 2.45) is 11.0 Å². The zero-order chi connectivity index (χ0) is 17.9. The van der Waals surface area contributed by atoms with E-state index in [1.54, 1.807) is 0 Å². The van der Waals surface area contributed by atoms with Crippen LogP contribution in [-0.4, -0.2) is 30.2 Å². The van der Waals surface area contributed by atoms with Crippen LogP contribution < -0.4 is 10.2 Å². The molecule has 0 aromatic heterocycles. The fourth-order valence-electron chi connectivity index (χ4n) is 3.77. The zero-order valence-corrected chi connectivity index (χ0v) is 15.7. The Morgan fingerprint density at radius 3 is 2.85 bits per heavy atom. The molecule has 0 bridgehead atoms. The molecule has 0 amide bonds. The van der Waals surface area contributed by atoms with Gasteiger partial charge in [-0.1, -0.05) is 54.9 Å². The lowest BCUT2D eigenvalue weighted by atomic mass is 9.86. The number of piperidine rings is 1. The van der Waals surface area contributed by atoms with Crippen LogP contribution in [0.15, 0.2) is 53.6 Å². The topological polar surface area (TPSA) is 36.9 Å². The van der Waals surface area contributed by atoms with Gasteiger partial charge in [0.05, 0.1) is 11.1 Å². The fraction of sp³-hybridized carbons (Fsp3) is 0.381. The number of fused-ring (bicyclic) bond motifs is 1. The van der Waals surface area contributed by atoms with Gasteiger partial charge < -0.3 is 15.1 Å². The minimum absolute atomic E-state index is 0.194. The third kappa shape index (κ3) is 3.57. The van der Waals surface area contributed by atoms with Gasteiger partial charge in [0.2, 0.25) is 0 Å². The van der Waals surface area contributed by atoms with E-state index in [0.717, 1.165) is 37.4 Å². The molecule has 2 atom stereocenters. The van der Waals surface area contributed by atoms with Crippen LogP contribution in [0.2, 0.25) is 5.02 Å². The van der Waals surface area contributed by atoms with E-state index in [1.807, 2.05) is 42.5 Å². The summed E-state index contributed by atoms with van der Waals surface area (Å²) in [6, 6.07) is 16.4. The molecule has 0 saturated carbocycles. The molecule has 5 heteroatoms. The van der Waals surface area contributed by atoms with Crippen molar-refractivity contribution in [3.8, 4) is 5.75 Å². The van der Waals surface area contributed by atoms with Gasteiger partial charge in [0.15, 0.2) is 0 Å². The first-order valence-electron chi connectivity index (χ1n) is 9.25. The van der Waals surface area contributed by atoms with Gasteiger partial charge >= 0.3 is 0 Å². The molecule has 4 rings (SSSR count). The molecule has 2 heterocycles. The highest BCUT2D eigenvalue weighted by molar-refractivity contribution is 6.32. The van der Waals surface area contributed by atoms with E-state index in [1.165, 1.54) is 11.3 Å². The SMILES string of the molecule is CCN1CCC2=NNC(c3ccc(OCc4ccccc4)c(Cl)c3)C2C1. The Labute approximate surface area is 159 Å². The van der Waals surface area contributed by atoms with Crippen molar-refractivity contribution in [1.82, 2.24) is 10.3 Å². The molecule has 1 saturated heterocycles. The number of ether oxygens (including phenoxy) is 1. The van der Waals surface area contributed by atoms with Gasteiger partial charge in [-0.2, -0.15) is 5.10 Å². The highest BCUT2D eigenvalue weighted by Gasteiger charge is 2.36. The molecular weight excluding hydrogens is 346 g/mol. The van der Waals surface area contributed by atoms with Gasteiger partial charge in [-0.3, -0.25) is 0 Å². The van der Waals surface area contributed by atoms with Crippen molar-refractivity contribution in [3.05, 3.63) is 64.7 Å². The Balaban J connectivity index is 1.46. The second kappa shape index (κ2) is 7.68. The van der Waals surface area contributed by atoms with E-state index in [-0.39, 0.29) is 6.04 Å². The summed E-state index contributed by atoms with van der Waals surface area (Å²) in [4.78, 5) is 2.49. The number of halogens is 1. The molecule has 2 aromatic rings. The second-order valence-electron chi connectivity index (χ2n) is 6.92. The lowest BCUT2D eigenvalue weighted by molar-refractivity contribution is 0.238. The summed E-state index contributed by atoms with van der Waals surface area (Å²) in [5.41, 5.74) is 6.92. The molecule has 2 aliphatic rings. The minimum atomic E-state index is 0.194. The minimum Gasteiger partial charge on any atom is -0.487 e. The Hall–Kier alpha value is -2.04. The smallest absolute Gasteiger partial charge is 0.138 e. The summed E-state index contributed by atoms with van der Waals surface area (Å²) in [7, 11) is 0. The average molecular weight is 370 g/mol. The first kappa shape index (κ1) is 17.4. The first-order valence-corrected chi connectivity index (χ1v) is 9.63. The van der Waals surface area contributed by atoms with Crippen molar-refractivity contribution in [1.29, 1.82) is 0 Å². The Bertz CT molecular complexity index is 793. The normalized spacial score (nSPS) is 22.5. The van der Waals surface area contributed by atoms with E-state index in [9.17, 15) is 0 Å². The molecule has 4 nitrogen and oxygen atoms in total. The summed E-state index contributed by atoms with van der Waals surface area (Å²) < 4.78 is 5.89. The van der Waals surface area contributed by atoms with E-state index < -0.39 is 0 Å². The maximum absolute atomic E-state index is 6.50. The number of rotatable bonds is 5. The lowest BCUT2D eigenvalue weighted by Crippen LogP contribution is -2.41.